The van der Waals surface area contributed by atoms with Gasteiger partial charge in [0.25, 0.3) is 0 Å². The molecule has 0 spiro atoms. The van der Waals surface area contributed by atoms with Crippen molar-refractivity contribution in [3.8, 4) is 16.9 Å². The highest BCUT2D eigenvalue weighted by Crippen LogP contribution is 2.52. The first-order valence-electron chi connectivity index (χ1n) is 8.62. The Morgan fingerprint density at radius 3 is 2.59 bits per heavy atom. The fourth-order valence-corrected chi connectivity index (χ4v) is 6.91. The zero-order chi connectivity index (χ0) is 19.2. The second kappa shape index (κ2) is 6.86. The zero-order valence-corrected chi connectivity index (χ0v) is 17.8. The summed E-state index contributed by atoms with van der Waals surface area (Å²) in [6.45, 7) is 4.19. The Labute approximate surface area is 171 Å². The average Bonchev–Trinajstić information content (AvgIpc) is 3.05. The van der Waals surface area contributed by atoms with Gasteiger partial charge >= 0.3 is 0 Å². The first kappa shape index (κ1) is 18.3. The second-order valence-corrected chi connectivity index (χ2v) is 9.81. The average molecular weight is 414 g/mol. The lowest BCUT2D eigenvalue weighted by Gasteiger charge is -2.43. The van der Waals surface area contributed by atoms with Gasteiger partial charge in [0.1, 0.15) is 9.57 Å². The van der Waals surface area contributed by atoms with Gasteiger partial charge < -0.3 is 9.64 Å². The third-order valence-corrected chi connectivity index (χ3v) is 8.24. The van der Waals surface area contributed by atoms with Crippen LogP contribution in [0, 0.1) is 3.82 Å². The zero-order valence-electron chi connectivity index (χ0n) is 15.3. The van der Waals surface area contributed by atoms with Gasteiger partial charge in [-0.25, -0.2) is 0 Å². The van der Waals surface area contributed by atoms with Crippen LogP contribution in [0.3, 0.4) is 0 Å². The highest BCUT2D eigenvalue weighted by atomic mass is 32.9. The molecule has 0 fully saturated rings. The molecule has 2 aromatic carbocycles. The molecule has 0 unspecified atom stereocenters. The van der Waals surface area contributed by atoms with Crippen LogP contribution in [0.1, 0.15) is 24.3 Å². The van der Waals surface area contributed by atoms with Crippen molar-refractivity contribution in [1.82, 2.24) is 0 Å². The number of rotatable bonds is 3. The highest BCUT2D eigenvalue weighted by Gasteiger charge is 2.42. The Balaban J connectivity index is 1.87. The minimum absolute atomic E-state index is 0.0765. The molecule has 0 N–H and O–H groups in total. The predicted molar refractivity (Wildman–Crippen MR) is 116 cm³/mol. The molecule has 0 aliphatic carbocycles. The van der Waals surface area contributed by atoms with Crippen molar-refractivity contribution < 1.29 is 9.53 Å². The number of methoxy groups -OCH3 is 1. The van der Waals surface area contributed by atoms with E-state index in [1.54, 1.807) is 27.8 Å². The Hall–Kier alpha value is -2.02. The maximum atomic E-state index is 13.4. The lowest BCUT2D eigenvalue weighted by atomic mass is 9.87. The molecule has 0 radical (unpaired) electrons. The summed E-state index contributed by atoms with van der Waals surface area (Å²) in [6.07, 6.45) is 0.362. The van der Waals surface area contributed by atoms with E-state index >= 15 is 0 Å². The van der Waals surface area contributed by atoms with Crippen LogP contribution in [0.5, 0.6) is 5.75 Å². The van der Waals surface area contributed by atoms with Gasteiger partial charge in [0.2, 0.25) is 5.91 Å². The first-order chi connectivity index (χ1) is 12.9. The van der Waals surface area contributed by atoms with Gasteiger partial charge in [-0.05, 0) is 37.6 Å². The summed E-state index contributed by atoms with van der Waals surface area (Å²) >= 11 is 5.62. The number of carbonyl (C=O) groups is 1. The summed E-state index contributed by atoms with van der Waals surface area (Å²) in [7, 11) is 4.91. The molecule has 2 heterocycles. The minimum atomic E-state index is -0.457. The van der Waals surface area contributed by atoms with Crippen molar-refractivity contribution in [2.45, 2.75) is 25.8 Å². The molecule has 6 heteroatoms. The number of benzene rings is 2. The predicted octanol–water partition coefficient (Wildman–Crippen LogP) is 6.04. The van der Waals surface area contributed by atoms with Gasteiger partial charge in [-0.3, -0.25) is 4.79 Å². The van der Waals surface area contributed by atoms with Gasteiger partial charge in [0.05, 0.1) is 29.6 Å². The van der Waals surface area contributed by atoms with E-state index < -0.39 is 5.54 Å². The molecule has 138 valence electrons. The number of ether oxygens (including phenoxy) is 1. The number of hydrogen-bond acceptors (Lipinski definition) is 5. The summed E-state index contributed by atoms with van der Waals surface area (Å²) in [6, 6.07) is 15.7. The summed E-state index contributed by atoms with van der Waals surface area (Å²) < 4.78 is 6.29. The smallest absolute Gasteiger partial charge is 0.232 e. The lowest BCUT2D eigenvalue weighted by molar-refractivity contribution is -0.119. The van der Waals surface area contributed by atoms with Crippen LogP contribution in [0.25, 0.3) is 11.1 Å². The Kier molecular flexibility index (Phi) is 4.66. The van der Waals surface area contributed by atoms with Crippen LogP contribution in [0.4, 0.5) is 5.69 Å². The van der Waals surface area contributed by atoms with Crippen molar-refractivity contribution in [3.05, 3.63) is 62.8 Å². The molecule has 1 aliphatic rings. The van der Waals surface area contributed by atoms with Crippen molar-refractivity contribution in [2.24, 2.45) is 0 Å². The number of nitrogens with zero attached hydrogens (tertiary/aromatic N) is 1. The maximum Gasteiger partial charge on any atom is 0.232 e. The third-order valence-electron chi connectivity index (χ3n) is 4.91. The Morgan fingerprint density at radius 2 is 1.89 bits per heavy atom. The Bertz CT molecular complexity index is 1070. The number of anilines is 1. The van der Waals surface area contributed by atoms with E-state index in [1.807, 2.05) is 53.4 Å². The largest absolute Gasteiger partial charge is 0.497 e. The van der Waals surface area contributed by atoms with Crippen molar-refractivity contribution in [3.63, 3.8) is 0 Å². The SMILES string of the molecule is COc1ccc2c(c1)-c1c(ssc1=S)C(C)(C)N2C(=O)Cc1ccccc1. The molecular weight excluding hydrogens is 394 g/mol. The van der Waals surface area contributed by atoms with Crippen LogP contribution < -0.4 is 9.64 Å². The summed E-state index contributed by atoms with van der Waals surface area (Å²) in [5.41, 5.74) is 3.50. The molecule has 0 saturated carbocycles. The molecule has 27 heavy (non-hydrogen) atoms. The molecule has 1 aliphatic heterocycles. The Morgan fingerprint density at radius 1 is 1.15 bits per heavy atom. The van der Waals surface area contributed by atoms with Crippen LogP contribution >= 0.6 is 32.9 Å². The second-order valence-electron chi connectivity index (χ2n) is 6.99. The van der Waals surface area contributed by atoms with Crippen LogP contribution in [0.15, 0.2) is 48.5 Å². The summed E-state index contributed by atoms with van der Waals surface area (Å²) in [5.74, 6) is 0.841. The van der Waals surface area contributed by atoms with E-state index in [4.69, 9.17) is 17.0 Å². The molecule has 3 aromatic rings. The maximum absolute atomic E-state index is 13.4. The van der Waals surface area contributed by atoms with E-state index in [1.165, 1.54) is 0 Å². The molecular formula is C21H19NO2S3. The minimum Gasteiger partial charge on any atom is -0.497 e. The lowest BCUT2D eigenvalue weighted by Crippen LogP contribution is -2.48. The first-order valence-corrected chi connectivity index (χ1v) is 11.2. The van der Waals surface area contributed by atoms with Crippen LogP contribution in [-0.2, 0) is 16.8 Å². The molecule has 4 rings (SSSR count). The van der Waals surface area contributed by atoms with Gasteiger partial charge in [0, 0.05) is 11.1 Å². The third kappa shape index (κ3) is 3.02. The van der Waals surface area contributed by atoms with E-state index in [0.29, 0.717) is 6.42 Å². The quantitative estimate of drug-likeness (QED) is 0.387. The standard InChI is InChI=1S/C21H19NO2S3/c1-21(2)19-18(20(25)27-26-19)15-12-14(24-3)9-10-16(15)22(21)17(23)11-13-7-5-4-6-8-13/h4-10,12H,11H2,1-3H3. The summed E-state index contributed by atoms with van der Waals surface area (Å²) in [5, 5.41) is 0. The monoisotopic (exact) mass is 413 g/mol. The van der Waals surface area contributed by atoms with Crippen molar-refractivity contribution in [1.29, 1.82) is 0 Å². The molecule has 0 bridgehead atoms. The van der Waals surface area contributed by atoms with Gasteiger partial charge in [-0.1, -0.05) is 63.2 Å². The number of hydrogen-bond donors (Lipinski definition) is 0. The fourth-order valence-electron chi connectivity index (χ4n) is 3.63. The number of carbonyl (C=O) groups excluding carboxylic acids is 1. The fraction of sp³-hybridized carbons (Fsp3) is 0.238. The van der Waals surface area contributed by atoms with E-state index in [-0.39, 0.29) is 5.91 Å². The molecule has 0 atom stereocenters. The van der Waals surface area contributed by atoms with Crippen LogP contribution in [-0.4, -0.2) is 13.0 Å². The normalized spacial score (nSPS) is 14.4. The van der Waals surface area contributed by atoms with Crippen molar-refractivity contribution in [2.75, 3.05) is 12.0 Å². The molecule has 0 saturated heterocycles. The number of amides is 1. The van der Waals surface area contributed by atoms with E-state index in [2.05, 4.69) is 13.8 Å². The van der Waals surface area contributed by atoms with Gasteiger partial charge in [-0.15, -0.1) is 0 Å². The topological polar surface area (TPSA) is 29.5 Å². The molecule has 3 nitrogen and oxygen atoms in total. The molecule has 1 amide bonds. The van der Waals surface area contributed by atoms with Gasteiger partial charge in [0.15, 0.2) is 0 Å². The van der Waals surface area contributed by atoms with Crippen molar-refractivity contribution >= 4 is 44.5 Å². The number of fused-ring (bicyclic) bond motifs is 3. The highest BCUT2D eigenvalue weighted by molar-refractivity contribution is 7.80. The van der Waals surface area contributed by atoms with E-state index in [0.717, 1.165) is 36.8 Å². The van der Waals surface area contributed by atoms with Crippen LogP contribution in [0.2, 0.25) is 0 Å². The van der Waals surface area contributed by atoms with E-state index in [9.17, 15) is 4.79 Å². The summed E-state index contributed by atoms with van der Waals surface area (Å²) in [4.78, 5) is 16.5. The van der Waals surface area contributed by atoms with Gasteiger partial charge in [-0.2, -0.15) is 0 Å². The molecule has 1 aromatic heterocycles.